The number of aromatic nitrogens is 2. The van der Waals surface area contributed by atoms with Gasteiger partial charge in [0.2, 0.25) is 5.13 Å². The summed E-state index contributed by atoms with van der Waals surface area (Å²) in [7, 11) is 0. The first kappa shape index (κ1) is 9.86. The predicted octanol–water partition coefficient (Wildman–Crippen LogP) is 1.25. The fourth-order valence-electron chi connectivity index (χ4n) is 1.48. The van der Waals surface area contributed by atoms with Gasteiger partial charge in [-0.3, -0.25) is 0 Å². The van der Waals surface area contributed by atoms with Gasteiger partial charge in [0.05, 0.1) is 0 Å². The number of nitrogens with zero attached hydrogens (tertiary/aromatic N) is 2. The molecule has 4 nitrogen and oxygen atoms in total. The van der Waals surface area contributed by atoms with Gasteiger partial charge in [0.15, 0.2) is 0 Å². The van der Waals surface area contributed by atoms with Crippen LogP contribution in [0.2, 0.25) is 0 Å². The van der Waals surface area contributed by atoms with Crippen LogP contribution in [-0.2, 0) is 6.42 Å². The maximum Gasteiger partial charge on any atom is 0.202 e. The summed E-state index contributed by atoms with van der Waals surface area (Å²) in [5, 5.41) is 4.29. The van der Waals surface area contributed by atoms with Gasteiger partial charge in [0.1, 0.15) is 5.82 Å². The number of nitrogens with one attached hydrogen (secondary N) is 1. The van der Waals surface area contributed by atoms with Crippen molar-refractivity contribution < 1.29 is 0 Å². The van der Waals surface area contributed by atoms with Crippen LogP contribution in [0.1, 0.15) is 25.6 Å². The van der Waals surface area contributed by atoms with Crippen molar-refractivity contribution in [2.75, 3.05) is 11.9 Å². The minimum absolute atomic E-state index is 0.396. The Hall–Kier alpha value is -0.680. The summed E-state index contributed by atoms with van der Waals surface area (Å²) >= 11 is 1.44. The minimum atomic E-state index is 0.396. The molecular formula is C9H16N4S. The molecule has 5 heteroatoms. The third kappa shape index (κ3) is 2.22. The lowest BCUT2D eigenvalue weighted by Crippen LogP contribution is -2.30. The zero-order chi connectivity index (χ0) is 9.97. The van der Waals surface area contributed by atoms with Gasteiger partial charge in [-0.2, -0.15) is 4.37 Å². The van der Waals surface area contributed by atoms with E-state index in [1.807, 2.05) is 0 Å². The average molecular weight is 212 g/mol. The number of rotatable bonds is 5. The Morgan fingerprint density at radius 1 is 1.64 bits per heavy atom. The van der Waals surface area contributed by atoms with Crippen LogP contribution in [0.3, 0.4) is 0 Å². The van der Waals surface area contributed by atoms with E-state index in [-0.39, 0.29) is 0 Å². The fourth-order valence-corrected chi connectivity index (χ4v) is 2.19. The highest BCUT2D eigenvalue weighted by Gasteiger charge is 2.30. The van der Waals surface area contributed by atoms with Crippen LogP contribution in [0.5, 0.6) is 0 Å². The first-order valence-electron chi connectivity index (χ1n) is 5.12. The van der Waals surface area contributed by atoms with Gasteiger partial charge in [-0.25, -0.2) is 4.98 Å². The van der Waals surface area contributed by atoms with Crippen molar-refractivity contribution in [2.24, 2.45) is 11.7 Å². The van der Waals surface area contributed by atoms with E-state index in [0.717, 1.165) is 23.3 Å². The van der Waals surface area contributed by atoms with Crippen molar-refractivity contribution in [3.63, 3.8) is 0 Å². The van der Waals surface area contributed by atoms with Crippen molar-refractivity contribution >= 4 is 16.7 Å². The SMILES string of the molecule is CCc1nsc(NC(CN)C2CC2)n1. The van der Waals surface area contributed by atoms with Gasteiger partial charge in [-0.05, 0) is 18.8 Å². The third-order valence-electron chi connectivity index (χ3n) is 2.54. The van der Waals surface area contributed by atoms with Gasteiger partial charge in [-0.1, -0.05) is 6.92 Å². The Balaban J connectivity index is 1.94. The number of hydrogen-bond donors (Lipinski definition) is 2. The molecule has 2 rings (SSSR count). The zero-order valence-electron chi connectivity index (χ0n) is 8.36. The van der Waals surface area contributed by atoms with E-state index in [0.29, 0.717) is 12.6 Å². The summed E-state index contributed by atoms with van der Waals surface area (Å²) in [6.45, 7) is 2.75. The lowest BCUT2D eigenvalue weighted by Gasteiger charge is -2.13. The van der Waals surface area contributed by atoms with E-state index in [2.05, 4.69) is 21.6 Å². The molecule has 78 valence electrons. The Morgan fingerprint density at radius 2 is 2.43 bits per heavy atom. The Kier molecular flexibility index (Phi) is 2.98. The zero-order valence-corrected chi connectivity index (χ0v) is 9.18. The van der Waals surface area contributed by atoms with Crippen molar-refractivity contribution in [3.8, 4) is 0 Å². The Morgan fingerprint density at radius 3 is 2.93 bits per heavy atom. The molecule has 1 saturated carbocycles. The lowest BCUT2D eigenvalue weighted by atomic mass is 10.2. The average Bonchev–Trinajstić information content (AvgIpc) is 2.95. The van der Waals surface area contributed by atoms with Crippen LogP contribution in [0.15, 0.2) is 0 Å². The highest BCUT2D eigenvalue weighted by atomic mass is 32.1. The van der Waals surface area contributed by atoms with Crippen LogP contribution < -0.4 is 11.1 Å². The summed E-state index contributed by atoms with van der Waals surface area (Å²) < 4.78 is 4.23. The smallest absolute Gasteiger partial charge is 0.202 e. The van der Waals surface area contributed by atoms with Gasteiger partial charge >= 0.3 is 0 Å². The highest BCUT2D eigenvalue weighted by molar-refractivity contribution is 7.09. The molecule has 1 aliphatic carbocycles. The molecule has 1 aliphatic rings. The normalized spacial score (nSPS) is 18.1. The quantitative estimate of drug-likeness (QED) is 0.771. The van der Waals surface area contributed by atoms with Crippen molar-refractivity contribution in [2.45, 2.75) is 32.2 Å². The fraction of sp³-hybridized carbons (Fsp3) is 0.778. The van der Waals surface area contributed by atoms with Crippen molar-refractivity contribution in [1.82, 2.24) is 9.36 Å². The lowest BCUT2D eigenvalue weighted by molar-refractivity contribution is 0.644. The van der Waals surface area contributed by atoms with E-state index in [1.54, 1.807) is 0 Å². The van der Waals surface area contributed by atoms with Crippen LogP contribution >= 0.6 is 11.5 Å². The molecule has 1 fully saturated rings. The van der Waals surface area contributed by atoms with Gasteiger partial charge in [0.25, 0.3) is 0 Å². The molecule has 0 aliphatic heterocycles. The second-order valence-electron chi connectivity index (χ2n) is 3.69. The van der Waals surface area contributed by atoms with Crippen molar-refractivity contribution in [1.29, 1.82) is 0 Å². The number of nitrogens with two attached hydrogens (primary N) is 1. The van der Waals surface area contributed by atoms with Crippen molar-refractivity contribution in [3.05, 3.63) is 5.82 Å². The largest absolute Gasteiger partial charge is 0.356 e. The molecule has 1 heterocycles. The van der Waals surface area contributed by atoms with E-state index < -0.39 is 0 Å². The van der Waals surface area contributed by atoms with Gasteiger partial charge < -0.3 is 11.1 Å². The molecule has 1 aromatic heterocycles. The second-order valence-corrected chi connectivity index (χ2v) is 4.45. The van der Waals surface area contributed by atoms with Gasteiger partial charge in [0, 0.05) is 30.5 Å². The summed E-state index contributed by atoms with van der Waals surface area (Å²) in [6, 6.07) is 0.396. The third-order valence-corrected chi connectivity index (χ3v) is 3.22. The summed E-state index contributed by atoms with van der Waals surface area (Å²) in [5.74, 6) is 1.68. The topological polar surface area (TPSA) is 63.8 Å². The molecule has 0 amide bonds. The van der Waals surface area contributed by atoms with Crippen LogP contribution in [-0.4, -0.2) is 21.9 Å². The Labute approximate surface area is 88.1 Å². The molecule has 0 saturated heterocycles. The van der Waals surface area contributed by atoms with E-state index in [4.69, 9.17) is 5.73 Å². The first-order chi connectivity index (χ1) is 6.83. The predicted molar refractivity (Wildman–Crippen MR) is 58.5 cm³/mol. The summed E-state index contributed by atoms with van der Waals surface area (Å²) in [5.41, 5.74) is 5.69. The van der Waals surface area contributed by atoms with Crippen LogP contribution in [0.4, 0.5) is 5.13 Å². The number of hydrogen-bond acceptors (Lipinski definition) is 5. The minimum Gasteiger partial charge on any atom is -0.356 e. The Bertz CT molecular complexity index is 295. The monoisotopic (exact) mass is 212 g/mol. The standard InChI is InChI=1S/C9H16N4S/c1-2-8-12-9(14-13-8)11-7(5-10)6-3-4-6/h6-7H,2-5,10H2,1H3,(H,11,12,13). The molecule has 0 aromatic carbocycles. The maximum atomic E-state index is 5.69. The second kappa shape index (κ2) is 4.23. The van der Waals surface area contributed by atoms with Gasteiger partial charge in [-0.15, -0.1) is 0 Å². The first-order valence-corrected chi connectivity index (χ1v) is 5.90. The molecule has 1 unspecified atom stereocenters. The molecule has 0 spiro atoms. The highest BCUT2D eigenvalue weighted by Crippen LogP contribution is 2.33. The molecular weight excluding hydrogens is 196 g/mol. The summed E-state index contributed by atoms with van der Waals surface area (Å²) in [6.07, 6.45) is 3.50. The molecule has 14 heavy (non-hydrogen) atoms. The van der Waals surface area contributed by atoms with Crippen LogP contribution in [0, 0.1) is 5.92 Å². The molecule has 0 radical (unpaired) electrons. The van der Waals surface area contributed by atoms with E-state index in [1.165, 1.54) is 24.4 Å². The molecule has 1 aromatic rings. The maximum absolute atomic E-state index is 5.69. The van der Waals surface area contributed by atoms with E-state index >= 15 is 0 Å². The van der Waals surface area contributed by atoms with Crippen LogP contribution in [0.25, 0.3) is 0 Å². The number of anilines is 1. The van der Waals surface area contributed by atoms with E-state index in [9.17, 15) is 0 Å². The summed E-state index contributed by atoms with van der Waals surface area (Å²) in [4.78, 5) is 4.37. The molecule has 3 N–H and O–H groups in total. The molecule has 0 bridgehead atoms. The molecule has 1 atom stereocenters. The number of aryl methyl sites for hydroxylation is 1.